The Hall–Kier alpha value is -1.39. The van der Waals surface area contributed by atoms with Crippen molar-refractivity contribution in [2.45, 2.75) is 6.92 Å². The molecule has 13 heavy (non-hydrogen) atoms. The van der Waals surface area contributed by atoms with Gasteiger partial charge < -0.3 is 5.32 Å². The van der Waals surface area contributed by atoms with E-state index in [0.29, 0.717) is 0 Å². The van der Waals surface area contributed by atoms with E-state index in [-0.39, 0.29) is 12.5 Å². The highest BCUT2D eigenvalue weighted by atomic mass is 16.6. The summed E-state index contributed by atoms with van der Waals surface area (Å²) in [6.45, 7) is 1.78. The summed E-state index contributed by atoms with van der Waals surface area (Å²) in [5.41, 5.74) is 1.79. The molecule has 1 rings (SSSR count). The van der Waals surface area contributed by atoms with Crippen LogP contribution in [0.4, 0.5) is 5.69 Å². The molecular weight excluding hydrogens is 168 g/mol. The first kappa shape index (κ1) is 9.70. The van der Waals surface area contributed by atoms with Crippen LogP contribution in [0, 0.1) is 6.92 Å². The van der Waals surface area contributed by atoms with Crippen LogP contribution in [0.1, 0.15) is 5.56 Å². The van der Waals surface area contributed by atoms with Crippen LogP contribution in [-0.2, 0) is 9.63 Å². The van der Waals surface area contributed by atoms with Crippen molar-refractivity contribution in [3.05, 3.63) is 29.8 Å². The Bertz CT molecular complexity index is 299. The minimum Gasteiger partial charge on any atom is -0.324 e. The number of para-hydroxylation sites is 1. The van der Waals surface area contributed by atoms with E-state index in [2.05, 4.69) is 10.2 Å². The first-order valence-corrected chi connectivity index (χ1v) is 3.91. The first-order chi connectivity index (χ1) is 6.24. The van der Waals surface area contributed by atoms with Crippen molar-refractivity contribution in [3.63, 3.8) is 0 Å². The van der Waals surface area contributed by atoms with Gasteiger partial charge >= 0.3 is 0 Å². The van der Waals surface area contributed by atoms with Gasteiger partial charge in [-0.2, -0.15) is 0 Å². The number of aryl methyl sites for hydroxylation is 1. The van der Waals surface area contributed by atoms with E-state index in [1.807, 2.05) is 31.2 Å². The summed E-state index contributed by atoms with van der Waals surface area (Å²) in [5.74, 6) is 4.51. The molecule has 0 fully saturated rings. The molecular formula is C9H12N2O2. The molecule has 0 aliphatic rings. The van der Waals surface area contributed by atoms with Crippen molar-refractivity contribution >= 4 is 11.6 Å². The molecule has 4 heteroatoms. The van der Waals surface area contributed by atoms with Gasteiger partial charge in [-0.3, -0.25) is 9.63 Å². The average molecular weight is 180 g/mol. The van der Waals surface area contributed by atoms with Gasteiger partial charge in [-0.1, -0.05) is 18.2 Å². The number of anilines is 1. The molecule has 1 aromatic rings. The molecule has 0 unspecified atom stereocenters. The predicted octanol–water partition coefficient (Wildman–Crippen LogP) is 0.824. The van der Waals surface area contributed by atoms with Gasteiger partial charge in [0.1, 0.15) is 6.61 Å². The number of nitrogens with one attached hydrogen (secondary N) is 1. The Labute approximate surface area is 76.6 Å². The van der Waals surface area contributed by atoms with E-state index in [1.165, 1.54) is 0 Å². The molecule has 0 heterocycles. The highest BCUT2D eigenvalue weighted by Gasteiger charge is 2.02. The monoisotopic (exact) mass is 180 g/mol. The maximum atomic E-state index is 11.0. The van der Waals surface area contributed by atoms with E-state index >= 15 is 0 Å². The van der Waals surface area contributed by atoms with Crippen molar-refractivity contribution in [1.29, 1.82) is 0 Å². The van der Waals surface area contributed by atoms with Crippen LogP contribution in [-0.4, -0.2) is 12.5 Å². The number of benzene rings is 1. The van der Waals surface area contributed by atoms with Gasteiger partial charge in [0.25, 0.3) is 5.91 Å². The maximum Gasteiger partial charge on any atom is 0.252 e. The molecule has 0 radical (unpaired) electrons. The zero-order valence-electron chi connectivity index (χ0n) is 7.41. The summed E-state index contributed by atoms with van der Waals surface area (Å²) in [6, 6.07) is 7.50. The minimum absolute atomic E-state index is 0.131. The second-order valence-corrected chi connectivity index (χ2v) is 2.67. The zero-order chi connectivity index (χ0) is 9.68. The number of hydrogen-bond acceptors (Lipinski definition) is 3. The van der Waals surface area contributed by atoms with E-state index in [9.17, 15) is 4.79 Å². The molecule has 0 atom stereocenters. The number of nitrogens with two attached hydrogens (primary N) is 1. The average Bonchev–Trinajstić information content (AvgIpc) is 2.09. The molecule has 0 saturated carbocycles. The van der Waals surface area contributed by atoms with Crippen LogP contribution in [0.2, 0.25) is 0 Å². The molecule has 1 amide bonds. The molecule has 0 bridgehead atoms. The van der Waals surface area contributed by atoms with Crippen molar-refractivity contribution in [1.82, 2.24) is 0 Å². The third kappa shape index (κ3) is 2.85. The van der Waals surface area contributed by atoms with Crippen LogP contribution < -0.4 is 11.2 Å². The second-order valence-electron chi connectivity index (χ2n) is 2.67. The molecule has 0 aliphatic carbocycles. The lowest BCUT2D eigenvalue weighted by Gasteiger charge is -2.06. The van der Waals surface area contributed by atoms with Crippen LogP contribution in [0.15, 0.2) is 24.3 Å². The fourth-order valence-electron chi connectivity index (χ4n) is 0.975. The van der Waals surface area contributed by atoms with E-state index in [1.54, 1.807) is 0 Å². The van der Waals surface area contributed by atoms with Gasteiger partial charge in [0.05, 0.1) is 0 Å². The molecule has 0 aliphatic heterocycles. The van der Waals surface area contributed by atoms with Gasteiger partial charge in [-0.25, -0.2) is 5.90 Å². The number of hydrogen-bond donors (Lipinski definition) is 2. The standard InChI is InChI=1S/C9H12N2O2/c1-7-4-2-3-5-8(7)11-9(12)6-13-10/h2-5H,6,10H2,1H3,(H,11,12). The predicted molar refractivity (Wildman–Crippen MR) is 49.9 cm³/mol. The molecule has 70 valence electrons. The van der Waals surface area contributed by atoms with Crippen LogP contribution in [0.25, 0.3) is 0 Å². The topological polar surface area (TPSA) is 64.3 Å². The van der Waals surface area contributed by atoms with Crippen LogP contribution in [0.5, 0.6) is 0 Å². The third-order valence-electron chi connectivity index (χ3n) is 1.63. The molecule has 1 aromatic carbocycles. The number of amides is 1. The first-order valence-electron chi connectivity index (χ1n) is 3.91. The van der Waals surface area contributed by atoms with Gasteiger partial charge in [0.15, 0.2) is 0 Å². The quantitative estimate of drug-likeness (QED) is 0.677. The Balaban J connectivity index is 2.63. The second kappa shape index (κ2) is 4.59. The maximum absolute atomic E-state index is 11.0. The SMILES string of the molecule is Cc1ccccc1NC(=O)CON. The van der Waals surface area contributed by atoms with E-state index < -0.39 is 0 Å². The van der Waals surface area contributed by atoms with E-state index in [4.69, 9.17) is 5.90 Å². The summed E-state index contributed by atoms with van der Waals surface area (Å²) in [4.78, 5) is 15.3. The van der Waals surface area contributed by atoms with Crippen molar-refractivity contribution < 1.29 is 9.63 Å². The smallest absolute Gasteiger partial charge is 0.252 e. The lowest BCUT2D eigenvalue weighted by Crippen LogP contribution is -2.20. The number of carbonyl (C=O) groups excluding carboxylic acids is 1. The lowest BCUT2D eigenvalue weighted by atomic mass is 10.2. The summed E-state index contributed by atoms with van der Waals surface area (Å²) in [6.07, 6.45) is 0. The number of rotatable bonds is 3. The van der Waals surface area contributed by atoms with Crippen molar-refractivity contribution in [2.24, 2.45) is 5.90 Å². The Morgan fingerprint density at radius 1 is 1.54 bits per heavy atom. The highest BCUT2D eigenvalue weighted by molar-refractivity contribution is 5.92. The van der Waals surface area contributed by atoms with Crippen LogP contribution >= 0.6 is 0 Å². The minimum atomic E-state index is -0.253. The fourth-order valence-corrected chi connectivity index (χ4v) is 0.975. The largest absolute Gasteiger partial charge is 0.324 e. The molecule has 0 spiro atoms. The normalized spacial score (nSPS) is 9.69. The molecule has 0 saturated heterocycles. The summed E-state index contributed by atoms with van der Waals surface area (Å²) < 4.78 is 0. The molecule has 3 N–H and O–H groups in total. The molecule has 4 nitrogen and oxygen atoms in total. The Morgan fingerprint density at radius 2 is 2.23 bits per heavy atom. The van der Waals surface area contributed by atoms with Crippen molar-refractivity contribution in [2.75, 3.05) is 11.9 Å². The third-order valence-corrected chi connectivity index (χ3v) is 1.63. The summed E-state index contributed by atoms with van der Waals surface area (Å²) >= 11 is 0. The lowest BCUT2D eigenvalue weighted by molar-refractivity contribution is -0.120. The Morgan fingerprint density at radius 3 is 2.85 bits per heavy atom. The fraction of sp³-hybridized carbons (Fsp3) is 0.222. The van der Waals surface area contributed by atoms with Gasteiger partial charge in [0.2, 0.25) is 0 Å². The van der Waals surface area contributed by atoms with Gasteiger partial charge in [-0.05, 0) is 18.6 Å². The van der Waals surface area contributed by atoms with Crippen molar-refractivity contribution in [3.8, 4) is 0 Å². The molecule has 0 aromatic heterocycles. The number of carbonyl (C=O) groups is 1. The summed E-state index contributed by atoms with van der Waals surface area (Å²) in [7, 11) is 0. The van der Waals surface area contributed by atoms with E-state index in [0.717, 1.165) is 11.3 Å². The van der Waals surface area contributed by atoms with Crippen LogP contribution in [0.3, 0.4) is 0 Å². The summed E-state index contributed by atoms with van der Waals surface area (Å²) in [5, 5.41) is 2.67. The Kier molecular flexibility index (Phi) is 3.42. The van der Waals surface area contributed by atoms with Gasteiger partial charge in [0, 0.05) is 5.69 Å². The van der Waals surface area contributed by atoms with Gasteiger partial charge in [-0.15, -0.1) is 0 Å². The highest BCUT2D eigenvalue weighted by Crippen LogP contribution is 2.12. The zero-order valence-corrected chi connectivity index (χ0v) is 7.41.